The van der Waals surface area contributed by atoms with Gasteiger partial charge in [0.2, 0.25) is 0 Å². The zero-order valence-electron chi connectivity index (χ0n) is 18.0. The summed E-state index contributed by atoms with van der Waals surface area (Å²) in [6.07, 6.45) is 6.24. The smallest absolute Gasteiger partial charge is 0.191 e. The van der Waals surface area contributed by atoms with Crippen LogP contribution in [0.5, 0.6) is 11.5 Å². The Labute approximate surface area is 183 Å². The summed E-state index contributed by atoms with van der Waals surface area (Å²) in [7, 11) is 3.33. The lowest BCUT2D eigenvalue weighted by Crippen LogP contribution is -2.37. The molecule has 1 saturated heterocycles. The highest BCUT2D eigenvalue weighted by Gasteiger charge is 2.24. The van der Waals surface area contributed by atoms with Gasteiger partial charge >= 0.3 is 0 Å². The summed E-state index contributed by atoms with van der Waals surface area (Å²) in [4.78, 5) is 2.47. The van der Waals surface area contributed by atoms with Crippen molar-refractivity contribution in [3.63, 3.8) is 0 Å². The Hall–Kier alpha value is -1.77. The lowest BCUT2D eigenvalue weighted by Gasteiger charge is -2.27. The van der Waals surface area contributed by atoms with Crippen LogP contribution in [-0.4, -0.2) is 72.5 Å². The number of hydrogen-bond donors (Lipinski definition) is 0. The maximum atomic E-state index is 5.52. The first-order valence-electron chi connectivity index (χ1n) is 10.9. The van der Waals surface area contributed by atoms with Crippen molar-refractivity contribution in [1.29, 1.82) is 0 Å². The number of nitrogens with zero attached hydrogens (tertiary/aromatic N) is 4. The lowest BCUT2D eigenvalue weighted by molar-refractivity contribution is 0.0410. The Balaban J connectivity index is 1.57. The number of thioether (sulfide) groups is 1. The molecule has 0 bridgehead atoms. The van der Waals surface area contributed by atoms with E-state index >= 15 is 0 Å². The van der Waals surface area contributed by atoms with Gasteiger partial charge in [-0.2, -0.15) is 0 Å². The molecule has 0 radical (unpaired) electrons. The summed E-state index contributed by atoms with van der Waals surface area (Å²) < 4.78 is 18.8. The van der Waals surface area contributed by atoms with Crippen molar-refractivity contribution in [2.75, 3.05) is 52.8 Å². The molecule has 30 heavy (non-hydrogen) atoms. The van der Waals surface area contributed by atoms with E-state index in [0.29, 0.717) is 6.04 Å². The molecule has 4 rings (SSSR count). The third-order valence-electron chi connectivity index (χ3n) is 5.99. The Bertz CT molecular complexity index is 817. The van der Waals surface area contributed by atoms with E-state index < -0.39 is 0 Å². The van der Waals surface area contributed by atoms with E-state index in [1.54, 1.807) is 14.2 Å². The molecule has 1 aliphatic carbocycles. The minimum absolute atomic E-state index is 0.461. The second-order valence-corrected chi connectivity index (χ2v) is 8.90. The van der Waals surface area contributed by atoms with E-state index in [-0.39, 0.29) is 0 Å². The second-order valence-electron chi connectivity index (χ2n) is 7.84. The normalized spacial score (nSPS) is 18.5. The first-order valence-corrected chi connectivity index (χ1v) is 11.9. The topological polar surface area (TPSA) is 61.6 Å². The van der Waals surface area contributed by atoms with E-state index in [9.17, 15) is 0 Å². The van der Waals surface area contributed by atoms with Gasteiger partial charge in [-0.25, -0.2) is 0 Å². The first kappa shape index (κ1) is 21.5. The summed E-state index contributed by atoms with van der Waals surface area (Å²) in [5, 5.41) is 10.3. The molecule has 164 valence electrons. The minimum atomic E-state index is 0.461. The van der Waals surface area contributed by atoms with Gasteiger partial charge in [-0.1, -0.05) is 31.0 Å². The molecule has 0 N–H and O–H groups in total. The minimum Gasteiger partial charge on any atom is -0.493 e. The van der Waals surface area contributed by atoms with Crippen LogP contribution >= 0.6 is 11.8 Å². The van der Waals surface area contributed by atoms with Gasteiger partial charge in [-0.15, -0.1) is 10.2 Å². The van der Waals surface area contributed by atoms with E-state index in [0.717, 1.165) is 66.6 Å². The van der Waals surface area contributed by atoms with Crippen molar-refractivity contribution in [2.24, 2.45) is 0 Å². The number of aromatic nitrogens is 3. The fourth-order valence-electron chi connectivity index (χ4n) is 4.31. The van der Waals surface area contributed by atoms with Gasteiger partial charge in [0.25, 0.3) is 0 Å². The maximum absolute atomic E-state index is 5.52. The molecule has 1 aliphatic heterocycles. The van der Waals surface area contributed by atoms with Gasteiger partial charge in [0.15, 0.2) is 22.5 Å². The average Bonchev–Trinajstić information content (AvgIpc) is 3.23. The molecule has 2 heterocycles. The van der Waals surface area contributed by atoms with Crippen molar-refractivity contribution in [3.8, 4) is 22.9 Å². The van der Waals surface area contributed by atoms with Gasteiger partial charge in [0.05, 0.1) is 27.4 Å². The van der Waals surface area contributed by atoms with Crippen molar-refractivity contribution in [3.05, 3.63) is 18.2 Å². The summed E-state index contributed by atoms with van der Waals surface area (Å²) >= 11 is 1.82. The van der Waals surface area contributed by atoms with Crippen LogP contribution in [0.2, 0.25) is 0 Å². The Morgan fingerprint density at radius 3 is 2.53 bits per heavy atom. The Morgan fingerprint density at radius 1 is 1.03 bits per heavy atom. The fourth-order valence-corrected chi connectivity index (χ4v) is 5.31. The van der Waals surface area contributed by atoms with Gasteiger partial charge in [0.1, 0.15) is 0 Å². The van der Waals surface area contributed by atoms with Gasteiger partial charge < -0.3 is 14.2 Å². The van der Waals surface area contributed by atoms with Crippen LogP contribution in [-0.2, 0) is 4.74 Å². The number of methoxy groups -OCH3 is 2. The van der Waals surface area contributed by atoms with Crippen LogP contribution in [0.4, 0.5) is 0 Å². The number of ether oxygens (including phenoxy) is 3. The summed E-state index contributed by atoms with van der Waals surface area (Å²) in [5.74, 6) is 3.38. The predicted octanol–water partition coefficient (Wildman–Crippen LogP) is 3.89. The fraction of sp³-hybridized carbons (Fsp3) is 0.636. The third-order valence-corrected chi connectivity index (χ3v) is 6.91. The number of benzene rings is 1. The largest absolute Gasteiger partial charge is 0.493 e. The summed E-state index contributed by atoms with van der Waals surface area (Å²) in [6, 6.07) is 6.46. The zero-order valence-corrected chi connectivity index (χ0v) is 18.8. The molecule has 2 aliphatic rings. The molecule has 0 spiro atoms. The quantitative estimate of drug-likeness (QED) is 0.587. The molecule has 1 aromatic heterocycles. The van der Waals surface area contributed by atoms with Crippen molar-refractivity contribution < 1.29 is 14.2 Å². The van der Waals surface area contributed by atoms with Crippen LogP contribution in [0.15, 0.2) is 23.4 Å². The van der Waals surface area contributed by atoms with Crippen LogP contribution in [0, 0.1) is 0 Å². The molecule has 1 aromatic carbocycles. The predicted molar refractivity (Wildman–Crippen MR) is 119 cm³/mol. The van der Waals surface area contributed by atoms with E-state index in [1.807, 2.05) is 30.0 Å². The number of morpholine rings is 1. The third kappa shape index (κ3) is 4.92. The van der Waals surface area contributed by atoms with E-state index in [1.165, 1.54) is 32.1 Å². The molecule has 1 saturated carbocycles. The van der Waals surface area contributed by atoms with Gasteiger partial charge in [0, 0.05) is 37.0 Å². The first-order chi connectivity index (χ1) is 14.8. The molecule has 2 fully saturated rings. The highest BCUT2D eigenvalue weighted by molar-refractivity contribution is 7.99. The highest BCUT2D eigenvalue weighted by Crippen LogP contribution is 2.38. The van der Waals surface area contributed by atoms with Crippen molar-refractivity contribution in [1.82, 2.24) is 19.7 Å². The Kier molecular flexibility index (Phi) is 7.52. The molecule has 7 nitrogen and oxygen atoms in total. The molecule has 0 atom stereocenters. The zero-order chi connectivity index (χ0) is 20.8. The van der Waals surface area contributed by atoms with Crippen molar-refractivity contribution in [2.45, 2.75) is 43.3 Å². The molecular formula is C22H32N4O3S. The maximum Gasteiger partial charge on any atom is 0.191 e. The molecular weight excluding hydrogens is 400 g/mol. The van der Waals surface area contributed by atoms with E-state index in [2.05, 4.69) is 19.7 Å². The molecule has 2 aromatic rings. The Morgan fingerprint density at radius 2 is 1.80 bits per heavy atom. The van der Waals surface area contributed by atoms with Crippen molar-refractivity contribution >= 4 is 11.8 Å². The SMILES string of the molecule is COc1ccc(-c2nnc(SCCN3CCOCC3)n2C2CCCCC2)cc1OC. The molecule has 0 amide bonds. The van der Waals surface area contributed by atoms with Crippen LogP contribution < -0.4 is 9.47 Å². The molecule has 0 unspecified atom stereocenters. The lowest BCUT2D eigenvalue weighted by atomic mass is 9.95. The van der Waals surface area contributed by atoms with Gasteiger partial charge in [-0.3, -0.25) is 9.47 Å². The monoisotopic (exact) mass is 432 g/mol. The van der Waals surface area contributed by atoms with Crippen LogP contribution in [0.1, 0.15) is 38.1 Å². The van der Waals surface area contributed by atoms with E-state index in [4.69, 9.17) is 14.2 Å². The summed E-state index contributed by atoms with van der Waals surface area (Å²) in [5.41, 5.74) is 1.02. The van der Waals surface area contributed by atoms with Crippen LogP contribution in [0.3, 0.4) is 0 Å². The molecule has 8 heteroatoms. The number of hydrogen-bond acceptors (Lipinski definition) is 7. The van der Waals surface area contributed by atoms with Crippen LogP contribution in [0.25, 0.3) is 11.4 Å². The average molecular weight is 433 g/mol. The highest BCUT2D eigenvalue weighted by atomic mass is 32.2. The summed E-state index contributed by atoms with van der Waals surface area (Å²) in [6.45, 7) is 4.77. The van der Waals surface area contributed by atoms with Gasteiger partial charge in [-0.05, 0) is 31.0 Å². The standard InChI is InChI=1S/C22H32N4O3S/c1-27-19-9-8-17(16-20(19)28-2)21-23-24-22(26(21)18-6-4-3-5-7-18)30-15-12-25-10-13-29-14-11-25/h8-9,16,18H,3-7,10-15H2,1-2H3. The second kappa shape index (κ2) is 10.5. The number of rotatable bonds is 8.